The summed E-state index contributed by atoms with van der Waals surface area (Å²) < 4.78 is 1.42. The van der Waals surface area contributed by atoms with E-state index in [1.165, 1.54) is 71.3 Å². The Morgan fingerprint density at radius 1 is 0.771 bits per heavy atom. The topological polar surface area (TPSA) is 0 Å². The average Bonchev–Trinajstić information content (AvgIpc) is 3.67. The van der Waals surface area contributed by atoms with Crippen LogP contribution in [-0.2, 0) is 29.7 Å². The number of rotatable bonds is 5. The van der Waals surface area contributed by atoms with Crippen molar-refractivity contribution in [1.29, 1.82) is 0 Å². The Labute approximate surface area is 308 Å². The fourth-order valence-electron chi connectivity index (χ4n) is 8.01. The molecular weight excluding hydrogens is 688 g/mol. The monoisotopic (exact) mass is 741 g/mol. The second-order valence-electron chi connectivity index (χ2n) is 17.8. The van der Waals surface area contributed by atoms with Gasteiger partial charge in [-0.1, -0.05) is 139 Å². The third-order valence-electron chi connectivity index (χ3n) is 10.3. The SMILES string of the molecule is CC(C)(C)c1ccc2c(c1)=[C-]C1=C(C3=CC=CC3)C(C(C)(C)C)([Si](C)(C)C)C=C([Si](C)(C)C)C=21.[Zr]=[C](c1ccccc1)c1ccccc1. The van der Waals surface area contributed by atoms with Crippen molar-refractivity contribution in [3.63, 3.8) is 0 Å². The van der Waals surface area contributed by atoms with E-state index in [9.17, 15) is 0 Å². The second kappa shape index (κ2) is 13.4. The first-order valence-electron chi connectivity index (χ1n) is 17.6. The first-order chi connectivity index (χ1) is 22.3. The maximum atomic E-state index is 4.05. The molecule has 0 fully saturated rings. The summed E-state index contributed by atoms with van der Waals surface area (Å²) >= 11 is 1.46. The van der Waals surface area contributed by atoms with Crippen LogP contribution >= 0.6 is 0 Å². The van der Waals surface area contributed by atoms with Gasteiger partial charge in [0.05, 0.1) is 16.1 Å². The summed E-state index contributed by atoms with van der Waals surface area (Å²) in [5.74, 6) is 0. The molecule has 1 atom stereocenters. The second-order valence-corrected chi connectivity index (χ2v) is 29.4. The molecule has 0 spiro atoms. The Morgan fingerprint density at radius 2 is 1.33 bits per heavy atom. The first-order valence-corrected chi connectivity index (χ1v) is 25.8. The van der Waals surface area contributed by atoms with Gasteiger partial charge in [-0.25, -0.2) is 0 Å². The van der Waals surface area contributed by atoms with Crippen molar-refractivity contribution in [2.75, 3.05) is 0 Å². The van der Waals surface area contributed by atoms with Crippen LogP contribution in [0.25, 0.3) is 11.6 Å². The predicted molar refractivity (Wildman–Crippen MR) is 213 cm³/mol. The standard InChI is InChI=1S/C32H45Si2.C13H10.Zr/c1-30(2,3)24-17-18-25-23(19-24)20-26-28(25)27(33(7,8)9)21-32(31(4,5)6,34(10,11)12)29(26)22-15-13-14-16-22;1-3-7-12(8-4-1)11-13-9-5-2-6-10-13;/h13-15,17-19,21H,16H2,1-12H3;1-10H;/q-1;;. The molecule has 3 aliphatic rings. The molecule has 0 saturated heterocycles. The number of hydrogen-bond acceptors (Lipinski definition) is 0. The van der Waals surface area contributed by atoms with Gasteiger partial charge in [0.1, 0.15) is 0 Å². The summed E-state index contributed by atoms with van der Waals surface area (Å²) in [5.41, 5.74) is 10.3. The summed E-state index contributed by atoms with van der Waals surface area (Å²) in [6, 6.07) is 28.3. The fourth-order valence-corrected chi connectivity index (χ4v) is 14.5. The van der Waals surface area contributed by atoms with E-state index in [1.54, 1.807) is 10.8 Å². The van der Waals surface area contributed by atoms with Gasteiger partial charge in [-0.05, 0) is 22.3 Å². The van der Waals surface area contributed by atoms with Crippen LogP contribution in [0.5, 0.6) is 0 Å². The summed E-state index contributed by atoms with van der Waals surface area (Å²) in [6.07, 6.45) is 14.9. The zero-order valence-corrected chi connectivity index (χ0v) is 36.0. The molecule has 0 radical (unpaired) electrons. The van der Waals surface area contributed by atoms with E-state index < -0.39 is 16.1 Å². The summed E-state index contributed by atoms with van der Waals surface area (Å²) in [4.78, 5) is 0. The van der Waals surface area contributed by atoms with Crippen LogP contribution in [0.15, 0.2) is 125 Å². The molecule has 3 aromatic carbocycles. The minimum absolute atomic E-state index is 0.0498. The normalized spacial score (nSPS) is 19.1. The quantitative estimate of drug-likeness (QED) is 0.180. The van der Waals surface area contributed by atoms with Crippen LogP contribution in [0, 0.1) is 5.41 Å². The van der Waals surface area contributed by atoms with Gasteiger partial charge >= 0.3 is 99.2 Å². The van der Waals surface area contributed by atoms with Gasteiger partial charge in [0, 0.05) is 0 Å². The van der Waals surface area contributed by atoms with Gasteiger partial charge in [-0.2, -0.15) is 0 Å². The number of benzene rings is 3. The van der Waals surface area contributed by atoms with Crippen molar-refractivity contribution >= 4 is 31.0 Å². The molecular formula is C45H55Si2Zr-. The summed E-state index contributed by atoms with van der Waals surface area (Å²) in [5, 5.41) is 4.39. The van der Waals surface area contributed by atoms with Gasteiger partial charge in [-0.15, -0.1) is 33.7 Å². The molecule has 3 heteroatoms. The predicted octanol–water partition coefficient (Wildman–Crippen LogP) is 10.7. The fraction of sp³-hybridized carbons (Fsp3) is 0.356. The summed E-state index contributed by atoms with van der Waals surface area (Å²) in [6.45, 7) is 29.7. The Kier molecular flexibility index (Phi) is 10.2. The number of fused-ring (bicyclic) bond motifs is 2. The molecule has 0 aliphatic heterocycles. The first kappa shape index (κ1) is 36.8. The van der Waals surface area contributed by atoms with Crippen LogP contribution in [0.4, 0.5) is 0 Å². The maximum absolute atomic E-state index is 4.05. The Balaban J connectivity index is 0.000000267. The van der Waals surface area contributed by atoms with Crippen molar-refractivity contribution in [2.45, 2.75) is 97.7 Å². The van der Waals surface area contributed by atoms with Crippen molar-refractivity contribution < 1.29 is 24.2 Å². The minimum atomic E-state index is -1.73. The van der Waals surface area contributed by atoms with Crippen LogP contribution < -0.4 is 10.4 Å². The van der Waals surface area contributed by atoms with Crippen LogP contribution in [0.1, 0.15) is 64.7 Å². The molecule has 6 rings (SSSR count). The third kappa shape index (κ3) is 6.94. The molecule has 0 aromatic heterocycles. The van der Waals surface area contributed by atoms with E-state index >= 15 is 0 Å². The van der Waals surface area contributed by atoms with E-state index in [-0.39, 0.29) is 15.9 Å². The van der Waals surface area contributed by atoms with Gasteiger partial charge < -0.3 is 0 Å². The molecule has 0 amide bonds. The van der Waals surface area contributed by atoms with E-state index in [4.69, 9.17) is 0 Å². The molecule has 0 saturated carbocycles. The molecule has 0 N–H and O–H groups in total. The molecule has 1 unspecified atom stereocenters. The zero-order chi connectivity index (χ0) is 35.3. The molecule has 3 aliphatic carbocycles. The van der Waals surface area contributed by atoms with Gasteiger partial charge in [-0.3, -0.25) is 0 Å². The molecule has 0 nitrogen and oxygen atoms in total. The van der Waals surface area contributed by atoms with E-state index in [0.29, 0.717) is 0 Å². The molecule has 0 heterocycles. The van der Waals surface area contributed by atoms with Crippen molar-refractivity contribution in [1.82, 2.24) is 0 Å². The molecule has 248 valence electrons. The van der Waals surface area contributed by atoms with E-state index in [0.717, 1.165) is 6.42 Å². The van der Waals surface area contributed by atoms with Crippen LogP contribution in [-0.4, -0.2) is 19.4 Å². The van der Waals surface area contributed by atoms with E-state index in [2.05, 4.69) is 190 Å². The zero-order valence-electron chi connectivity index (χ0n) is 31.5. The average molecular weight is 743 g/mol. The molecule has 3 aromatic rings. The summed E-state index contributed by atoms with van der Waals surface area (Å²) in [7, 11) is -3.37. The Morgan fingerprint density at radius 3 is 1.77 bits per heavy atom. The van der Waals surface area contributed by atoms with Crippen molar-refractivity contribution in [2.24, 2.45) is 5.41 Å². The molecule has 48 heavy (non-hydrogen) atoms. The van der Waals surface area contributed by atoms with Gasteiger partial charge in [0.25, 0.3) is 0 Å². The van der Waals surface area contributed by atoms with Crippen LogP contribution in [0.2, 0.25) is 44.3 Å². The third-order valence-corrected chi connectivity index (χ3v) is 17.3. The van der Waals surface area contributed by atoms with Crippen molar-refractivity contribution in [3.8, 4) is 0 Å². The number of hydrogen-bond donors (Lipinski definition) is 0. The number of allylic oxidation sites excluding steroid dienone is 8. The van der Waals surface area contributed by atoms with E-state index in [1.807, 2.05) is 0 Å². The van der Waals surface area contributed by atoms with Gasteiger partial charge in [0.15, 0.2) is 0 Å². The van der Waals surface area contributed by atoms with Gasteiger partial charge in [0.2, 0.25) is 0 Å². The Hall–Kier alpha value is -2.45. The molecule has 0 bridgehead atoms. The Bertz CT molecular complexity index is 1900. The van der Waals surface area contributed by atoms with Crippen molar-refractivity contribution in [3.05, 3.63) is 152 Å². The van der Waals surface area contributed by atoms with Crippen LogP contribution in [0.3, 0.4) is 0 Å².